The topological polar surface area (TPSA) is 95.0 Å². The van der Waals surface area contributed by atoms with Gasteiger partial charge in [0.2, 0.25) is 0 Å². The van der Waals surface area contributed by atoms with Gasteiger partial charge in [-0.3, -0.25) is 5.10 Å². The van der Waals surface area contributed by atoms with Crippen LogP contribution in [0.5, 0.6) is 0 Å². The van der Waals surface area contributed by atoms with Crippen molar-refractivity contribution in [2.45, 2.75) is 12.8 Å². The van der Waals surface area contributed by atoms with Crippen LogP contribution in [0.4, 0.5) is 15.9 Å². The average molecular weight is 439 g/mol. The molecule has 162 valence electrons. The zero-order valence-corrected chi connectivity index (χ0v) is 17.4. The summed E-state index contributed by atoms with van der Waals surface area (Å²) >= 11 is 0. The summed E-state index contributed by atoms with van der Waals surface area (Å²) in [6.45, 7) is 0.693. The van der Waals surface area contributed by atoms with Gasteiger partial charge >= 0.3 is 5.97 Å². The van der Waals surface area contributed by atoms with Crippen LogP contribution in [0.3, 0.4) is 0 Å². The second kappa shape index (κ2) is 7.37. The van der Waals surface area contributed by atoms with E-state index < -0.39 is 5.97 Å². The van der Waals surface area contributed by atoms with Gasteiger partial charge in [0.15, 0.2) is 5.82 Å². The lowest BCUT2D eigenvalue weighted by Gasteiger charge is -2.31. The molecule has 6 rings (SSSR count). The molecule has 0 radical (unpaired) electrons. The second-order valence-electron chi connectivity index (χ2n) is 8.10. The van der Waals surface area contributed by atoms with Crippen molar-refractivity contribution in [2.75, 3.05) is 11.4 Å². The van der Waals surface area contributed by atoms with Crippen LogP contribution in [0, 0.1) is 5.82 Å². The van der Waals surface area contributed by atoms with Crippen LogP contribution in [0.1, 0.15) is 22.3 Å². The van der Waals surface area contributed by atoms with E-state index in [9.17, 15) is 14.3 Å². The number of fused-ring (bicyclic) bond motifs is 3. The second-order valence-corrected chi connectivity index (χ2v) is 8.10. The Hall–Kier alpha value is -4.33. The van der Waals surface area contributed by atoms with E-state index in [1.807, 2.05) is 23.1 Å². The van der Waals surface area contributed by atoms with Crippen molar-refractivity contribution in [3.05, 3.63) is 77.7 Å². The number of anilines is 2. The molecule has 8 heteroatoms. The number of carbonyl (C=O) groups is 1. The van der Waals surface area contributed by atoms with Crippen LogP contribution in [-0.2, 0) is 6.42 Å². The number of halogens is 1. The monoisotopic (exact) mass is 439 g/mol. The number of aromatic carboxylic acids is 1. The fourth-order valence-electron chi connectivity index (χ4n) is 4.44. The van der Waals surface area contributed by atoms with Gasteiger partial charge in [-0.1, -0.05) is 6.07 Å². The maximum Gasteiger partial charge on any atom is 0.335 e. The van der Waals surface area contributed by atoms with E-state index in [0.29, 0.717) is 29.1 Å². The molecule has 33 heavy (non-hydrogen) atoms. The number of carboxylic acid groups (broad SMARTS) is 1. The van der Waals surface area contributed by atoms with E-state index in [-0.39, 0.29) is 11.4 Å². The van der Waals surface area contributed by atoms with Gasteiger partial charge in [0.05, 0.1) is 28.3 Å². The van der Waals surface area contributed by atoms with Crippen molar-refractivity contribution >= 4 is 39.4 Å². The summed E-state index contributed by atoms with van der Waals surface area (Å²) in [5.41, 5.74) is 5.50. The molecule has 1 aliphatic heterocycles. The van der Waals surface area contributed by atoms with Crippen LogP contribution in [0.15, 0.2) is 60.8 Å². The standard InChI is InChI=1S/C25H18FN5O2/c26-18-5-8-22-14(11-18)2-1-9-31(22)24-23(15-3-6-19-17(10-15)13-27-30-19)28-20-7-4-16(25(32)33)12-21(20)29-24/h3-8,10-13H,1-2,9H2,(H,27,30)(H,32,33). The highest BCUT2D eigenvalue weighted by molar-refractivity contribution is 5.94. The summed E-state index contributed by atoms with van der Waals surface area (Å²) < 4.78 is 13.9. The SMILES string of the molecule is O=C(O)c1ccc2nc(-c3ccc4[nH]ncc4c3)c(N3CCCc4cc(F)ccc43)nc2c1. The highest BCUT2D eigenvalue weighted by Crippen LogP contribution is 2.39. The first kappa shape index (κ1) is 19.4. The van der Waals surface area contributed by atoms with E-state index in [2.05, 4.69) is 10.2 Å². The third-order valence-electron chi connectivity index (χ3n) is 6.02. The Bertz CT molecular complexity index is 1560. The Balaban J connectivity index is 1.61. The van der Waals surface area contributed by atoms with Crippen molar-refractivity contribution < 1.29 is 14.3 Å². The first-order valence-electron chi connectivity index (χ1n) is 10.6. The number of H-pyrrole nitrogens is 1. The lowest BCUT2D eigenvalue weighted by Crippen LogP contribution is -2.26. The first-order chi connectivity index (χ1) is 16.1. The summed E-state index contributed by atoms with van der Waals surface area (Å²) in [7, 11) is 0. The van der Waals surface area contributed by atoms with E-state index >= 15 is 0 Å². The number of hydrogen-bond donors (Lipinski definition) is 2. The maximum absolute atomic E-state index is 13.9. The molecule has 0 aliphatic carbocycles. The molecule has 0 bridgehead atoms. The van der Waals surface area contributed by atoms with E-state index in [4.69, 9.17) is 9.97 Å². The lowest BCUT2D eigenvalue weighted by molar-refractivity contribution is 0.0697. The van der Waals surface area contributed by atoms with Gasteiger partial charge in [-0.15, -0.1) is 0 Å². The van der Waals surface area contributed by atoms with E-state index in [1.54, 1.807) is 24.4 Å². The number of hydrogen-bond acceptors (Lipinski definition) is 5. The molecule has 0 saturated carbocycles. The maximum atomic E-state index is 13.9. The van der Waals surface area contributed by atoms with Crippen molar-refractivity contribution in [3.8, 4) is 11.3 Å². The number of aryl methyl sites for hydroxylation is 1. The zero-order chi connectivity index (χ0) is 22.5. The highest BCUT2D eigenvalue weighted by atomic mass is 19.1. The molecule has 2 N–H and O–H groups in total. The number of carboxylic acids is 1. The Morgan fingerprint density at radius 1 is 1.03 bits per heavy atom. The molecule has 0 fully saturated rings. The molecule has 0 atom stereocenters. The minimum absolute atomic E-state index is 0.149. The smallest absolute Gasteiger partial charge is 0.335 e. The molecule has 3 aromatic carbocycles. The largest absolute Gasteiger partial charge is 0.478 e. The van der Waals surface area contributed by atoms with Gasteiger partial charge in [-0.05, 0) is 66.9 Å². The number of aromatic amines is 1. The predicted octanol–water partition coefficient (Wildman–Crippen LogP) is 5.09. The van der Waals surface area contributed by atoms with Crippen LogP contribution in [0.2, 0.25) is 0 Å². The molecular weight excluding hydrogens is 421 g/mol. The molecule has 1 aliphatic rings. The lowest BCUT2D eigenvalue weighted by atomic mass is 10.0. The molecule has 3 heterocycles. The van der Waals surface area contributed by atoms with Crippen molar-refractivity contribution in [1.29, 1.82) is 0 Å². The fraction of sp³-hybridized carbons (Fsp3) is 0.120. The Morgan fingerprint density at radius 3 is 2.82 bits per heavy atom. The van der Waals surface area contributed by atoms with Gasteiger partial charge in [0.1, 0.15) is 11.5 Å². The summed E-state index contributed by atoms with van der Waals surface area (Å²) in [5.74, 6) is -0.675. The fourth-order valence-corrected chi connectivity index (χ4v) is 4.44. The van der Waals surface area contributed by atoms with Crippen LogP contribution >= 0.6 is 0 Å². The summed E-state index contributed by atoms with van der Waals surface area (Å²) in [4.78, 5) is 23.4. The summed E-state index contributed by atoms with van der Waals surface area (Å²) in [6, 6.07) is 15.4. The predicted molar refractivity (Wildman–Crippen MR) is 123 cm³/mol. The number of nitrogens with zero attached hydrogens (tertiary/aromatic N) is 4. The van der Waals surface area contributed by atoms with Gasteiger partial charge in [0, 0.05) is 23.2 Å². The molecular formula is C25H18FN5O2. The van der Waals surface area contributed by atoms with Crippen LogP contribution in [0.25, 0.3) is 33.2 Å². The Kier molecular flexibility index (Phi) is 4.33. The van der Waals surface area contributed by atoms with Crippen molar-refractivity contribution in [1.82, 2.24) is 20.2 Å². The molecule has 0 spiro atoms. The minimum Gasteiger partial charge on any atom is -0.478 e. The molecule has 5 aromatic rings. The summed E-state index contributed by atoms with van der Waals surface area (Å²) in [6.07, 6.45) is 3.38. The normalized spacial score (nSPS) is 13.4. The quantitative estimate of drug-likeness (QED) is 0.406. The minimum atomic E-state index is -1.02. The van der Waals surface area contributed by atoms with Crippen LogP contribution in [-0.4, -0.2) is 37.8 Å². The number of rotatable bonds is 3. The van der Waals surface area contributed by atoms with Gasteiger partial charge < -0.3 is 10.0 Å². The van der Waals surface area contributed by atoms with Gasteiger partial charge in [-0.25, -0.2) is 19.2 Å². The van der Waals surface area contributed by atoms with Crippen LogP contribution < -0.4 is 4.90 Å². The Morgan fingerprint density at radius 2 is 1.94 bits per heavy atom. The molecule has 0 unspecified atom stereocenters. The molecule has 2 aromatic heterocycles. The number of aromatic nitrogens is 4. The van der Waals surface area contributed by atoms with E-state index in [0.717, 1.165) is 40.6 Å². The Labute approximate surface area is 187 Å². The third kappa shape index (κ3) is 3.27. The number of benzene rings is 3. The van der Waals surface area contributed by atoms with Crippen molar-refractivity contribution in [3.63, 3.8) is 0 Å². The third-order valence-corrected chi connectivity index (χ3v) is 6.02. The average Bonchev–Trinajstić information content (AvgIpc) is 3.30. The molecule has 7 nitrogen and oxygen atoms in total. The zero-order valence-electron chi connectivity index (χ0n) is 17.4. The first-order valence-corrected chi connectivity index (χ1v) is 10.6. The van der Waals surface area contributed by atoms with E-state index in [1.165, 1.54) is 18.2 Å². The van der Waals surface area contributed by atoms with Gasteiger partial charge in [-0.2, -0.15) is 5.10 Å². The molecule has 0 saturated heterocycles. The number of nitrogens with one attached hydrogen (secondary N) is 1. The summed E-state index contributed by atoms with van der Waals surface area (Å²) in [5, 5.41) is 17.4. The van der Waals surface area contributed by atoms with Crippen molar-refractivity contribution in [2.24, 2.45) is 0 Å². The van der Waals surface area contributed by atoms with Gasteiger partial charge in [0.25, 0.3) is 0 Å². The molecule has 0 amide bonds. The highest BCUT2D eigenvalue weighted by Gasteiger charge is 2.24.